The minimum absolute atomic E-state index is 0.510. The lowest BCUT2D eigenvalue weighted by molar-refractivity contribution is 0.306. The summed E-state index contributed by atoms with van der Waals surface area (Å²) >= 11 is 11.4. The average molecular weight is 382 g/mol. The fraction of sp³-hybridized carbons (Fsp3) is 0.136. The van der Waals surface area contributed by atoms with Gasteiger partial charge < -0.3 is 10.1 Å². The fourth-order valence-electron chi connectivity index (χ4n) is 2.52. The van der Waals surface area contributed by atoms with E-state index in [1.54, 1.807) is 0 Å². The van der Waals surface area contributed by atoms with E-state index in [2.05, 4.69) is 29.6 Å². The van der Waals surface area contributed by atoms with Crippen LogP contribution in [0, 0.1) is 0 Å². The van der Waals surface area contributed by atoms with E-state index in [1.807, 2.05) is 54.6 Å². The van der Waals surface area contributed by atoms with Gasteiger partial charge in [0.1, 0.15) is 17.3 Å². The van der Waals surface area contributed by atoms with Crippen LogP contribution >= 0.6 is 23.8 Å². The summed E-state index contributed by atoms with van der Waals surface area (Å²) in [6.07, 6.45) is 0.948. The molecular weight excluding hydrogens is 362 g/mol. The summed E-state index contributed by atoms with van der Waals surface area (Å²) < 4.78 is 5.80. The van der Waals surface area contributed by atoms with Crippen molar-refractivity contribution in [3.8, 4) is 5.75 Å². The number of halogens is 1. The third-order valence-electron chi connectivity index (χ3n) is 3.98. The highest BCUT2D eigenvalue weighted by atomic mass is 35.5. The summed E-state index contributed by atoms with van der Waals surface area (Å²) in [5, 5.41) is 4.04. The standard InChI is InChI=1S/C22H20ClNOS/c23-20-10-6-18(7-11-20)16-25-21-12-8-19(9-13-21)22(26)24-15-14-17-4-2-1-3-5-17/h1-13H,14-16H2,(H,24,26). The van der Waals surface area contributed by atoms with Gasteiger partial charge in [-0.05, 0) is 53.9 Å². The Morgan fingerprint density at radius 2 is 1.54 bits per heavy atom. The quantitative estimate of drug-likeness (QED) is 0.551. The lowest BCUT2D eigenvalue weighted by atomic mass is 10.1. The molecule has 4 heteroatoms. The van der Waals surface area contributed by atoms with E-state index < -0.39 is 0 Å². The summed E-state index contributed by atoms with van der Waals surface area (Å²) in [6, 6.07) is 25.9. The van der Waals surface area contributed by atoms with E-state index in [4.69, 9.17) is 28.6 Å². The Labute approximate surface area is 164 Å². The molecule has 0 saturated heterocycles. The van der Waals surface area contributed by atoms with Crippen LogP contribution in [0.15, 0.2) is 78.9 Å². The van der Waals surface area contributed by atoms with Gasteiger partial charge in [0.2, 0.25) is 0 Å². The van der Waals surface area contributed by atoms with E-state index in [0.717, 1.165) is 39.9 Å². The van der Waals surface area contributed by atoms with Gasteiger partial charge in [0.15, 0.2) is 0 Å². The molecule has 0 atom stereocenters. The second kappa shape index (κ2) is 9.37. The lowest BCUT2D eigenvalue weighted by Gasteiger charge is -2.10. The van der Waals surface area contributed by atoms with Crippen LogP contribution in [0.4, 0.5) is 0 Å². The van der Waals surface area contributed by atoms with Gasteiger partial charge in [-0.3, -0.25) is 0 Å². The van der Waals surface area contributed by atoms with Crippen molar-refractivity contribution in [2.45, 2.75) is 13.0 Å². The van der Waals surface area contributed by atoms with Crippen LogP contribution < -0.4 is 10.1 Å². The molecule has 132 valence electrons. The molecular formula is C22H20ClNOS. The van der Waals surface area contributed by atoms with Crippen molar-refractivity contribution in [2.24, 2.45) is 0 Å². The maximum Gasteiger partial charge on any atom is 0.119 e. The lowest BCUT2D eigenvalue weighted by Crippen LogP contribution is -2.24. The Morgan fingerprint density at radius 3 is 2.23 bits per heavy atom. The van der Waals surface area contributed by atoms with Crippen molar-refractivity contribution >= 4 is 28.8 Å². The van der Waals surface area contributed by atoms with Crippen molar-refractivity contribution in [3.05, 3.63) is 101 Å². The normalized spacial score (nSPS) is 10.3. The molecule has 0 saturated carbocycles. The van der Waals surface area contributed by atoms with Crippen molar-refractivity contribution in [2.75, 3.05) is 6.54 Å². The van der Waals surface area contributed by atoms with E-state index in [0.29, 0.717) is 6.61 Å². The van der Waals surface area contributed by atoms with Crippen molar-refractivity contribution < 1.29 is 4.74 Å². The molecule has 3 rings (SSSR count). The first-order chi connectivity index (χ1) is 12.7. The highest BCUT2D eigenvalue weighted by Crippen LogP contribution is 2.16. The highest BCUT2D eigenvalue weighted by molar-refractivity contribution is 7.80. The van der Waals surface area contributed by atoms with Gasteiger partial charge in [-0.1, -0.05) is 66.3 Å². The molecule has 26 heavy (non-hydrogen) atoms. The molecule has 0 aliphatic heterocycles. The molecule has 0 aliphatic carbocycles. The van der Waals surface area contributed by atoms with Gasteiger partial charge in [-0.2, -0.15) is 0 Å². The molecule has 0 aliphatic rings. The van der Waals surface area contributed by atoms with Gasteiger partial charge in [0.25, 0.3) is 0 Å². The first kappa shape index (κ1) is 18.4. The van der Waals surface area contributed by atoms with Crippen LogP contribution in [-0.2, 0) is 13.0 Å². The minimum atomic E-state index is 0.510. The van der Waals surface area contributed by atoms with Crippen LogP contribution in [0.2, 0.25) is 5.02 Å². The largest absolute Gasteiger partial charge is 0.489 e. The minimum Gasteiger partial charge on any atom is -0.489 e. The first-order valence-electron chi connectivity index (χ1n) is 8.50. The van der Waals surface area contributed by atoms with Crippen LogP contribution in [0.1, 0.15) is 16.7 Å². The molecule has 3 aromatic rings. The van der Waals surface area contributed by atoms with Crippen molar-refractivity contribution in [1.29, 1.82) is 0 Å². The first-order valence-corrected chi connectivity index (χ1v) is 9.29. The predicted octanol–water partition coefficient (Wildman–Crippen LogP) is 5.43. The molecule has 0 bridgehead atoms. The van der Waals surface area contributed by atoms with Gasteiger partial charge in [-0.25, -0.2) is 0 Å². The van der Waals surface area contributed by atoms with Gasteiger partial charge in [0.05, 0.1) is 0 Å². The number of hydrogen-bond acceptors (Lipinski definition) is 2. The predicted molar refractivity (Wildman–Crippen MR) is 112 cm³/mol. The molecule has 1 N–H and O–H groups in total. The molecule has 0 fully saturated rings. The number of hydrogen-bond donors (Lipinski definition) is 1. The average Bonchev–Trinajstić information content (AvgIpc) is 2.69. The summed E-state index contributed by atoms with van der Waals surface area (Å²) in [5.41, 5.74) is 3.37. The van der Waals surface area contributed by atoms with Gasteiger partial charge in [0, 0.05) is 17.1 Å². The number of thiocarbonyl (C=S) groups is 1. The summed E-state index contributed by atoms with van der Waals surface area (Å²) in [7, 11) is 0. The van der Waals surface area contributed by atoms with Crippen LogP contribution in [0.3, 0.4) is 0 Å². The molecule has 0 radical (unpaired) electrons. The van der Waals surface area contributed by atoms with Gasteiger partial charge >= 0.3 is 0 Å². The maximum atomic E-state index is 5.89. The third kappa shape index (κ3) is 5.58. The van der Waals surface area contributed by atoms with E-state index in [-0.39, 0.29) is 0 Å². The fourth-order valence-corrected chi connectivity index (χ4v) is 2.88. The maximum absolute atomic E-state index is 5.89. The Hall–Kier alpha value is -2.36. The zero-order valence-corrected chi connectivity index (χ0v) is 15.9. The summed E-state index contributed by atoms with van der Waals surface area (Å²) in [5.74, 6) is 0.816. The Balaban J connectivity index is 1.47. The van der Waals surface area contributed by atoms with Crippen molar-refractivity contribution in [3.63, 3.8) is 0 Å². The highest BCUT2D eigenvalue weighted by Gasteiger charge is 2.02. The second-order valence-electron chi connectivity index (χ2n) is 5.93. The number of nitrogens with one attached hydrogen (secondary N) is 1. The second-order valence-corrected chi connectivity index (χ2v) is 6.78. The third-order valence-corrected chi connectivity index (χ3v) is 4.61. The topological polar surface area (TPSA) is 21.3 Å². The number of rotatable bonds is 7. The SMILES string of the molecule is S=C(NCCc1ccccc1)c1ccc(OCc2ccc(Cl)cc2)cc1. The molecule has 0 heterocycles. The van der Waals surface area contributed by atoms with Crippen molar-refractivity contribution in [1.82, 2.24) is 5.32 Å². The molecule has 0 unspecified atom stereocenters. The summed E-state index contributed by atoms with van der Waals surface area (Å²) in [6.45, 7) is 1.33. The Morgan fingerprint density at radius 1 is 0.846 bits per heavy atom. The monoisotopic (exact) mass is 381 g/mol. The van der Waals surface area contributed by atoms with E-state index in [9.17, 15) is 0 Å². The van der Waals surface area contributed by atoms with Crippen LogP contribution in [-0.4, -0.2) is 11.5 Å². The van der Waals surface area contributed by atoms with E-state index in [1.165, 1.54) is 5.56 Å². The molecule has 0 spiro atoms. The Bertz CT molecular complexity index is 832. The smallest absolute Gasteiger partial charge is 0.119 e. The zero-order valence-electron chi connectivity index (χ0n) is 14.3. The summed E-state index contributed by atoms with van der Waals surface area (Å²) in [4.78, 5) is 0.755. The molecule has 0 amide bonds. The van der Waals surface area contributed by atoms with Crippen LogP contribution in [0.5, 0.6) is 5.75 Å². The Kier molecular flexibility index (Phi) is 6.64. The zero-order chi connectivity index (χ0) is 18.2. The van der Waals surface area contributed by atoms with E-state index >= 15 is 0 Å². The molecule has 3 aromatic carbocycles. The molecule has 0 aromatic heterocycles. The van der Waals surface area contributed by atoms with Crippen LogP contribution in [0.25, 0.3) is 0 Å². The number of ether oxygens (including phenoxy) is 1. The number of benzene rings is 3. The van der Waals surface area contributed by atoms with Gasteiger partial charge in [-0.15, -0.1) is 0 Å². The molecule has 2 nitrogen and oxygen atoms in total.